The molecule has 0 saturated carbocycles. The normalized spacial score (nSPS) is 10.8. The van der Waals surface area contributed by atoms with Gasteiger partial charge in [0.2, 0.25) is 5.91 Å². The van der Waals surface area contributed by atoms with Crippen LogP contribution in [0.5, 0.6) is 0 Å². The molecular formula is C20H21ClFN3O4. The van der Waals surface area contributed by atoms with Gasteiger partial charge in [0.1, 0.15) is 18.0 Å². The maximum Gasteiger partial charge on any atom is 0.408 e. The summed E-state index contributed by atoms with van der Waals surface area (Å²) in [5, 5.41) is 7.43. The van der Waals surface area contributed by atoms with Crippen LogP contribution in [-0.2, 0) is 9.53 Å². The summed E-state index contributed by atoms with van der Waals surface area (Å²) in [6.07, 6.45) is -0.713. The number of benzene rings is 2. The molecule has 7 nitrogen and oxygen atoms in total. The molecule has 0 unspecified atom stereocenters. The van der Waals surface area contributed by atoms with Gasteiger partial charge in [0.05, 0.1) is 10.6 Å². The Hall–Kier alpha value is -3.13. The molecule has 3 amide bonds. The lowest BCUT2D eigenvalue weighted by Gasteiger charge is -2.19. The van der Waals surface area contributed by atoms with Gasteiger partial charge in [-0.3, -0.25) is 9.59 Å². The number of amides is 3. The molecule has 0 radical (unpaired) electrons. The maximum absolute atomic E-state index is 13.9. The number of hydrogen-bond acceptors (Lipinski definition) is 4. The van der Waals surface area contributed by atoms with E-state index in [2.05, 4.69) is 16.0 Å². The fourth-order valence-corrected chi connectivity index (χ4v) is 2.50. The average Bonchev–Trinajstić information content (AvgIpc) is 2.58. The summed E-state index contributed by atoms with van der Waals surface area (Å²) < 4.78 is 18.9. The van der Waals surface area contributed by atoms with Crippen molar-refractivity contribution < 1.29 is 23.5 Å². The highest BCUT2D eigenvalue weighted by Gasteiger charge is 2.17. The molecule has 0 spiro atoms. The SMILES string of the molecule is CC(C)(C)OC(=O)NCC(=O)Nc1cccc(NC(=O)c2c(F)cccc2Cl)c1. The number of rotatable bonds is 5. The molecule has 0 saturated heterocycles. The zero-order valence-electron chi connectivity index (χ0n) is 16.1. The molecular weight excluding hydrogens is 401 g/mol. The van der Waals surface area contributed by atoms with Gasteiger partial charge in [0.15, 0.2) is 0 Å². The van der Waals surface area contributed by atoms with Crippen LogP contribution in [0.15, 0.2) is 42.5 Å². The molecule has 0 atom stereocenters. The Morgan fingerprint density at radius 2 is 1.66 bits per heavy atom. The third kappa shape index (κ3) is 7.08. The number of anilines is 2. The van der Waals surface area contributed by atoms with Crippen molar-refractivity contribution >= 4 is 40.9 Å². The van der Waals surface area contributed by atoms with E-state index in [1.807, 2.05) is 0 Å². The van der Waals surface area contributed by atoms with Crippen molar-refractivity contribution in [3.8, 4) is 0 Å². The molecule has 0 aliphatic heterocycles. The second kappa shape index (κ2) is 9.38. The van der Waals surface area contributed by atoms with Gasteiger partial charge in [-0.1, -0.05) is 23.7 Å². The quantitative estimate of drug-likeness (QED) is 0.674. The fraction of sp³-hybridized carbons (Fsp3) is 0.250. The Morgan fingerprint density at radius 3 is 2.28 bits per heavy atom. The molecule has 0 heterocycles. The number of alkyl carbamates (subject to hydrolysis) is 1. The van der Waals surface area contributed by atoms with Crippen LogP contribution in [0.1, 0.15) is 31.1 Å². The van der Waals surface area contributed by atoms with Gasteiger partial charge in [0, 0.05) is 11.4 Å². The standard InChI is InChI=1S/C20H21ClFN3O4/c1-20(2,3)29-19(28)23-11-16(26)24-12-6-4-7-13(10-12)25-18(27)17-14(21)8-5-9-15(17)22/h4-10H,11H2,1-3H3,(H,23,28)(H,24,26)(H,25,27). The Morgan fingerprint density at radius 1 is 1.03 bits per heavy atom. The third-order valence-electron chi connectivity index (χ3n) is 3.39. The Bertz CT molecular complexity index is 908. The maximum atomic E-state index is 13.9. The van der Waals surface area contributed by atoms with Crippen molar-refractivity contribution in [3.63, 3.8) is 0 Å². The van der Waals surface area contributed by atoms with Gasteiger partial charge in [-0.25, -0.2) is 9.18 Å². The molecule has 0 aliphatic rings. The summed E-state index contributed by atoms with van der Waals surface area (Å²) in [7, 11) is 0. The minimum absolute atomic E-state index is 0.0137. The van der Waals surface area contributed by atoms with E-state index >= 15 is 0 Å². The number of nitrogens with one attached hydrogen (secondary N) is 3. The highest BCUT2D eigenvalue weighted by atomic mass is 35.5. The predicted molar refractivity (Wildman–Crippen MR) is 109 cm³/mol. The van der Waals surface area contributed by atoms with Crippen molar-refractivity contribution in [2.45, 2.75) is 26.4 Å². The van der Waals surface area contributed by atoms with E-state index in [0.717, 1.165) is 6.07 Å². The second-order valence-corrected chi connectivity index (χ2v) is 7.44. The van der Waals surface area contributed by atoms with E-state index in [9.17, 15) is 18.8 Å². The van der Waals surface area contributed by atoms with Crippen LogP contribution in [0, 0.1) is 5.82 Å². The van der Waals surface area contributed by atoms with E-state index < -0.39 is 29.3 Å². The first-order valence-electron chi connectivity index (χ1n) is 8.67. The van der Waals surface area contributed by atoms with Gasteiger partial charge in [-0.2, -0.15) is 0 Å². The number of ether oxygens (including phenoxy) is 1. The van der Waals surface area contributed by atoms with E-state index in [4.69, 9.17) is 16.3 Å². The highest BCUT2D eigenvalue weighted by molar-refractivity contribution is 6.34. The molecule has 9 heteroatoms. The largest absolute Gasteiger partial charge is 0.444 e. The van der Waals surface area contributed by atoms with Crippen molar-refractivity contribution in [3.05, 3.63) is 58.9 Å². The number of carbonyl (C=O) groups excluding carboxylic acids is 3. The molecule has 3 N–H and O–H groups in total. The van der Waals surface area contributed by atoms with Gasteiger partial charge < -0.3 is 20.7 Å². The number of carbonyl (C=O) groups is 3. The Kier molecular flexibility index (Phi) is 7.17. The molecule has 0 bridgehead atoms. The lowest BCUT2D eigenvalue weighted by atomic mass is 10.2. The zero-order valence-corrected chi connectivity index (χ0v) is 16.9. The minimum Gasteiger partial charge on any atom is -0.444 e. The van der Waals surface area contributed by atoms with Gasteiger partial charge >= 0.3 is 6.09 Å². The van der Waals surface area contributed by atoms with Crippen LogP contribution in [0.2, 0.25) is 5.02 Å². The second-order valence-electron chi connectivity index (χ2n) is 7.04. The lowest BCUT2D eigenvalue weighted by molar-refractivity contribution is -0.115. The zero-order chi connectivity index (χ0) is 21.6. The minimum atomic E-state index is -0.743. The predicted octanol–water partition coefficient (Wildman–Crippen LogP) is 4.19. The average molecular weight is 422 g/mol. The monoisotopic (exact) mass is 421 g/mol. The smallest absolute Gasteiger partial charge is 0.408 e. The Balaban J connectivity index is 1.96. The summed E-state index contributed by atoms with van der Waals surface area (Å²) in [5.41, 5.74) is -0.246. The van der Waals surface area contributed by atoms with Crippen molar-refractivity contribution in [1.29, 1.82) is 0 Å². The molecule has 0 aliphatic carbocycles. The molecule has 0 aromatic heterocycles. The van der Waals surface area contributed by atoms with Gasteiger partial charge in [-0.05, 0) is 51.1 Å². The molecule has 2 aromatic carbocycles. The first-order chi connectivity index (χ1) is 13.5. The Labute approximate surface area is 172 Å². The van der Waals surface area contributed by atoms with Crippen LogP contribution >= 0.6 is 11.6 Å². The summed E-state index contributed by atoms with van der Waals surface area (Å²) in [5.74, 6) is -1.95. The van der Waals surface area contributed by atoms with Crippen LogP contribution in [0.3, 0.4) is 0 Å². The van der Waals surface area contributed by atoms with Gasteiger partial charge in [-0.15, -0.1) is 0 Å². The molecule has 154 valence electrons. The first kappa shape index (κ1) is 22.2. The molecule has 29 heavy (non-hydrogen) atoms. The van der Waals surface area contributed by atoms with Crippen LogP contribution in [-0.4, -0.2) is 30.1 Å². The number of halogens is 2. The van der Waals surface area contributed by atoms with Crippen LogP contribution in [0.25, 0.3) is 0 Å². The van der Waals surface area contributed by atoms with Crippen molar-refractivity contribution in [1.82, 2.24) is 5.32 Å². The summed E-state index contributed by atoms with van der Waals surface area (Å²) in [6.45, 7) is 4.83. The van der Waals surface area contributed by atoms with Crippen LogP contribution < -0.4 is 16.0 Å². The topological polar surface area (TPSA) is 96.5 Å². The first-order valence-corrected chi connectivity index (χ1v) is 9.05. The third-order valence-corrected chi connectivity index (χ3v) is 3.70. The van der Waals surface area contributed by atoms with Gasteiger partial charge in [0.25, 0.3) is 5.91 Å². The van der Waals surface area contributed by atoms with E-state index in [-0.39, 0.29) is 17.1 Å². The molecule has 2 aromatic rings. The van der Waals surface area contributed by atoms with Crippen LogP contribution in [0.4, 0.5) is 20.6 Å². The molecule has 2 rings (SSSR count). The van der Waals surface area contributed by atoms with Crippen molar-refractivity contribution in [2.24, 2.45) is 0 Å². The highest BCUT2D eigenvalue weighted by Crippen LogP contribution is 2.21. The lowest BCUT2D eigenvalue weighted by Crippen LogP contribution is -2.37. The molecule has 0 fully saturated rings. The van der Waals surface area contributed by atoms with E-state index in [1.54, 1.807) is 39.0 Å². The van der Waals surface area contributed by atoms with Crippen molar-refractivity contribution in [2.75, 3.05) is 17.2 Å². The summed E-state index contributed by atoms with van der Waals surface area (Å²) >= 11 is 5.89. The number of hydrogen-bond donors (Lipinski definition) is 3. The summed E-state index contributed by atoms with van der Waals surface area (Å²) in [6, 6.07) is 10.2. The fourth-order valence-electron chi connectivity index (χ4n) is 2.25. The van der Waals surface area contributed by atoms with E-state index in [0.29, 0.717) is 11.4 Å². The van der Waals surface area contributed by atoms with E-state index in [1.165, 1.54) is 18.2 Å². The summed E-state index contributed by atoms with van der Waals surface area (Å²) in [4.78, 5) is 35.9.